The van der Waals surface area contributed by atoms with Crippen LogP contribution >= 0.6 is 11.3 Å². The van der Waals surface area contributed by atoms with Crippen LogP contribution in [-0.4, -0.2) is 96.9 Å². The Morgan fingerprint density at radius 2 is 1.81 bits per heavy atom. The van der Waals surface area contributed by atoms with Gasteiger partial charge in [-0.1, -0.05) is 18.2 Å². The molecule has 2 saturated heterocycles. The summed E-state index contributed by atoms with van der Waals surface area (Å²) in [7, 11) is 6.29. The number of hydrogen-bond donors (Lipinski definition) is 0. The first-order valence-electron chi connectivity index (χ1n) is 11.4. The van der Waals surface area contributed by atoms with Crippen molar-refractivity contribution in [2.24, 2.45) is 0 Å². The van der Waals surface area contributed by atoms with Crippen molar-refractivity contribution in [1.29, 1.82) is 0 Å². The highest BCUT2D eigenvalue weighted by Gasteiger charge is 2.24. The van der Waals surface area contributed by atoms with Crippen LogP contribution in [0.3, 0.4) is 0 Å². The number of aromatic nitrogens is 1. The quantitative estimate of drug-likeness (QED) is 0.690. The Morgan fingerprint density at radius 1 is 1.10 bits per heavy atom. The molecular weight excluding hydrogens is 406 g/mol. The fraction of sp³-hybridized carbons (Fsp3) is 0.583. The van der Waals surface area contributed by atoms with Crippen LogP contribution in [0.2, 0.25) is 0 Å². The van der Waals surface area contributed by atoms with Crippen molar-refractivity contribution >= 4 is 17.2 Å². The summed E-state index contributed by atoms with van der Waals surface area (Å²) in [6, 6.07) is 9.07. The molecule has 2 aliphatic rings. The van der Waals surface area contributed by atoms with E-state index in [1.165, 1.54) is 5.56 Å². The fourth-order valence-corrected chi connectivity index (χ4v) is 5.27. The van der Waals surface area contributed by atoms with Gasteiger partial charge in [0.15, 0.2) is 0 Å². The minimum absolute atomic E-state index is 0.176. The highest BCUT2D eigenvalue weighted by Crippen LogP contribution is 2.26. The number of carbonyl (C=O) groups is 1. The molecular formula is C24H35N5OS. The Labute approximate surface area is 190 Å². The van der Waals surface area contributed by atoms with Gasteiger partial charge in [-0.05, 0) is 51.7 Å². The molecule has 0 atom stereocenters. The average Bonchev–Trinajstić information content (AvgIpc) is 3.24. The maximum atomic E-state index is 12.8. The van der Waals surface area contributed by atoms with Gasteiger partial charge in [0, 0.05) is 56.8 Å². The van der Waals surface area contributed by atoms with E-state index < -0.39 is 0 Å². The first kappa shape index (κ1) is 22.4. The molecule has 2 fully saturated rings. The average molecular weight is 442 g/mol. The Morgan fingerprint density at radius 3 is 2.55 bits per heavy atom. The van der Waals surface area contributed by atoms with Crippen molar-refractivity contribution in [2.75, 3.05) is 60.4 Å². The van der Waals surface area contributed by atoms with Crippen LogP contribution in [0.5, 0.6) is 0 Å². The third-order valence-corrected chi connectivity index (χ3v) is 7.63. The molecule has 0 bridgehead atoms. The van der Waals surface area contributed by atoms with Crippen molar-refractivity contribution < 1.29 is 4.79 Å². The molecule has 6 nitrogen and oxygen atoms in total. The number of likely N-dealkylation sites (N-methyl/N-ethyl adjacent to an activating group) is 2. The predicted octanol–water partition coefficient (Wildman–Crippen LogP) is 2.65. The third kappa shape index (κ3) is 5.92. The molecule has 2 aromatic rings. The van der Waals surface area contributed by atoms with E-state index in [-0.39, 0.29) is 5.91 Å². The number of piperidine rings is 1. The second kappa shape index (κ2) is 10.2. The highest BCUT2D eigenvalue weighted by atomic mass is 32.1. The van der Waals surface area contributed by atoms with Gasteiger partial charge in [-0.25, -0.2) is 4.98 Å². The highest BCUT2D eigenvalue weighted by molar-refractivity contribution is 7.13. The minimum atomic E-state index is 0.176. The molecule has 0 spiro atoms. The molecule has 0 aliphatic carbocycles. The van der Waals surface area contributed by atoms with Crippen LogP contribution in [0.1, 0.15) is 24.1 Å². The van der Waals surface area contributed by atoms with E-state index in [1.807, 2.05) is 17.3 Å². The first-order chi connectivity index (χ1) is 15.0. The number of nitrogens with zero attached hydrogens (tertiary/aromatic N) is 5. The SMILES string of the molecule is CN1CCC(N(C)C(=O)Cc2csc(-c3cccc(CN4CCN(C)CC4)c3)n2)CC1. The molecule has 1 amide bonds. The molecule has 0 radical (unpaired) electrons. The lowest BCUT2D eigenvalue weighted by molar-refractivity contribution is -0.132. The number of hydrogen-bond acceptors (Lipinski definition) is 6. The number of thiazole rings is 1. The largest absolute Gasteiger partial charge is 0.342 e. The fourth-order valence-electron chi connectivity index (χ4n) is 4.45. The maximum absolute atomic E-state index is 12.8. The van der Waals surface area contributed by atoms with Crippen molar-refractivity contribution in [1.82, 2.24) is 24.6 Å². The van der Waals surface area contributed by atoms with E-state index in [9.17, 15) is 4.79 Å². The summed E-state index contributed by atoms with van der Waals surface area (Å²) in [6.07, 6.45) is 2.50. The molecule has 0 saturated carbocycles. The number of amides is 1. The molecule has 31 heavy (non-hydrogen) atoms. The van der Waals surface area contributed by atoms with Gasteiger partial charge >= 0.3 is 0 Å². The van der Waals surface area contributed by atoms with E-state index in [1.54, 1.807) is 11.3 Å². The van der Waals surface area contributed by atoms with Crippen molar-refractivity contribution in [3.05, 3.63) is 40.9 Å². The van der Waals surface area contributed by atoms with E-state index >= 15 is 0 Å². The van der Waals surface area contributed by atoms with Crippen molar-refractivity contribution in [3.8, 4) is 10.6 Å². The zero-order valence-corrected chi connectivity index (χ0v) is 19.9. The minimum Gasteiger partial charge on any atom is -0.342 e. The van der Waals surface area contributed by atoms with Crippen LogP contribution in [0.4, 0.5) is 0 Å². The molecule has 1 aromatic carbocycles. The van der Waals surface area contributed by atoms with Gasteiger partial charge in [0.2, 0.25) is 5.91 Å². The summed E-state index contributed by atoms with van der Waals surface area (Å²) in [5, 5.41) is 3.05. The van der Waals surface area contributed by atoms with Gasteiger partial charge in [-0.3, -0.25) is 9.69 Å². The maximum Gasteiger partial charge on any atom is 0.228 e. The van der Waals surface area contributed by atoms with Crippen LogP contribution in [0.15, 0.2) is 29.6 Å². The summed E-state index contributed by atoms with van der Waals surface area (Å²) in [5.41, 5.74) is 3.37. The van der Waals surface area contributed by atoms with E-state index in [2.05, 4.69) is 53.1 Å². The van der Waals surface area contributed by atoms with Gasteiger partial charge in [0.05, 0.1) is 12.1 Å². The zero-order chi connectivity index (χ0) is 21.8. The van der Waals surface area contributed by atoms with Crippen LogP contribution in [0.25, 0.3) is 10.6 Å². The van der Waals surface area contributed by atoms with Crippen LogP contribution in [-0.2, 0) is 17.8 Å². The van der Waals surface area contributed by atoms with Gasteiger partial charge in [0.25, 0.3) is 0 Å². The van der Waals surface area contributed by atoms with E-state index in [0.29, 0.717) is 12.5 Å². The molecule has 168 valence electrons. The smallest absolute Gasteiger partial charge is 0.228 e. The predicted molar refractivity (Wildman–Crippen MR) is 127 cm³/mol. The number of piperazine rings is 1. The molecule has 3 heterocycles. The molecule has 1 aromatic heterocycles. The lowest BCUT2D eigenvalue weighted by Crippen LogP contribution is -2.45. The summed E-state index contributed by atoms with van der Waals surface area (Å²) in [5.74, 6) is 0.176. The van der Waals surface area contributed by atoms with Crippen molar-refractivity contribution in [2.45, 2.75) is 31.8 Å². The Hall–Kier alpha value is -1.80. The van der Waals surface area contributed by atoms with E-state index in [0.717, 1.165) is 74.9 Å². The second-order valence-corrected chi connectivity index (χ2v) is 10.00. The standard InChI is InChI=1S/C24H35N5OS/c1-26-9-7-22(8-10-26)28(3)23(30)16-21-18-31-24(25-21)20-6-4-5-19(15-20)17-29-13-11-27(2)12-14-29/h4-6,15,18,22H,7-14,16-17H2,1-3H3. The number of benzene rings is 1. The molecule has 7 heteroatoms. The lowest BCUT2D eigenvalue weighted by Gasteiger charge is -2.35. The molecule has 2 aliphatic heterocycles. The van der Waals surface area contributed by atoms with Gasteiger partial charge in [-0.15, -0.1) is 11.3 Å². The van der Waals surface area contributed by atoms with Crippen LogP contribution < -0.4 is 0 Å². The molecule has 0 unspecified atom stereocenters. The summed E-state index contributed by atoms with van der Waals surface area (Å²) in [6.45, 7) is 7.62. The lowest BCUT2D eigenvalue weighted by atomic mass is 10.0. The number of likely N-dealkylation sites (tertiary alicyclic amines) is 1. The summed E-state index contributed by atoms with van der Waals surface area (Å²) in [4.78, 5) is 26.8. The monoisotopic (exact) mass is 441 g/mol. The van der Waals surface area contributed by atoms with Gasteiger partial charge in [0.1, 0.15) is 5.01 Å². The van der Waals surface area contributed by atoms with Gasteiger partial charge < -0.3 is 14.7 Å². The normalized spacial score (nSPS) is 19.6. The Balaban J connectivity index is 1.35. The summed E-state index contributed by atoms with van der Waals surface area (Å²) < 4.78 is 0. The Kier molecular flexibility index (Phi) is 7.38. The van der Waals surface area contributed by atoms with E-state index in [4.69, 9.17) is 4.98 Å². The molecule has 0 N–H and O–H groups in total. The third-order valence-electron chi connectivity index (χ3n) is 6.69. The Bertz CT molecular complexity index is 868. The summed E-state index contributed by atoms with van der Waals surface area (Å²) >= 11 is 1.64. The number of rotatable bonds is 6. The van der Waals surface area contributed by atoms with Crippen molar-refractivity contribution in [3.63, 3.8) is 0 Å². The second-order valence-electron chi connectivity index (χ2n) is 9.14. The molecule has 4 rings (SSSR count). The van der Waals surface area contributed by atoms with Gasteiger partial charge in [-0.2, -0.15) is 0 Å². The first-order valence-corrected chi connectivity index (χ1v) is 12.2. The number of carbonyl (C=O) groups excluding carboxylic acids is 1. The zero-order valence-electron chi connectivity index (χ0n) is 19.1. The topological polar surface area (TPSA) is 42.9 Å². The van der Waals surface area contributed by atoms with Crippen LogP contribution in [0, 0.1) is 0 Å².